The minimum absolute atomic E-state index is 0.915. The summed E-state index contributed by atoms with van der Waals surface area (Å²) in [4.78, 5) is 2.48. The summed E-state index contributed by atoms with van der Waals surface area (Å²) in [6.07, 6.45) is 7.19. The topological polar surface area (TPSA) is 3.24 Å². The van der Waals surface area contributed by atoms with Gasteiger partial charge in [0, 0.05) is 6.54 Å². The quantitative estimate of drug-likeness (QED) is 0.519. The Morgan fingerprint density at radius 1 is 1.09 bits per heavy atom. The lowest BCUT2D eigenvalue weighted by Crippen LogP contribution is -2.24. The van der Waals surface area contributed by atoms with Crippen LogP contribution < -0.4 is 0 Å². The summed E-state index contributed by atoms with van der Waals surface area (Å²) in [5, 5.41) is 0. The molecule has 1 heteroatoms. The molecule has 1 aliphatic rings. The average molecular weight is 155 g/mol. The van der Waals surface area contributed by atoms with Gasteiger partial charge in [-0.2, -0.15) is 0 Å². The van der Waals surface area contributed by atoms with Crippen molar-refractivity contribution in [3.05, 3.63) is 0 Å². The molecular formula is C10H21N. The summed E-state index contributed by atoms with van der Waals surface area (Å²) in [6, 6.07) is 0. The molecule has 0 aromatic rings. The molecule has 0 radical (unpaired) electrons. The smallest absolute Gasteiger partial charge is 0.000397 e. The van der Waals surface area contributed by atoms with Gasteiger partial charge in [-0.25, -0.2) is 0 Å². The molecule has 66 valence electrons. The average Bonchev–Trinajstić information content (AvgIpc) is 2.02. The molecule has 0 bridgehead atoms. The molecule has 1 saturated heterocycles. The van der Waals surface area contributed by atoms with Gasteiger partial charge in [0.25, 0.3) is 0 Å². The van der Waals surface area contributed by atoms with Gasteiger partial charge in [-0.05, 0) is 32.4 Å². The Labute approximate surface area is 70.8 Å². The summed E-state index contributed by atoms with van der Waals surface area (Å²) in [6.45, 7) is 4.99. The molecule has 0 saturated carbocycles. The second-order valence-corrected chi connectivity index (χ2v) is 4.07. The zero-order chi connectivity index (χ0) is 8.10. The van der Waals surface area contributed by atoms with Crippen LogP contribution in [0.1, 0.15) is 39.0 Å². The maximum absolute atomic E-state index is 2.48. The standard InChI is InChI=1S/C10H21N/c1-10-7-5-3-4-6-8-11(2)9-10/h10H,3-9H2,1-2H3. The first-order valence-corrected chi connectivity index (χ1v) is 4.97. The van der Waals surface area contributed by atoms with Crippen LogP contribution in [-0.4, -0.2) is 25.0 Å². The molecule has 1 aliphatic heterocycles. The monoisotopic (exact) mass is 155 g/mol. The van der Waals surface area contributed by atoms with Crippen molar-refractivity contribution in [3.8, 4) is 0 Å². The van der Waals surface area contributed by atoms with Crippen molar-refractivity contribution in [1.82, 2.24) is 4.90 Å². The van der Waals surface area contributed by atoms with E-state index >= 15 is 0 Å². The van der Waals surface area contributed by atoms with Crippen LogP contribution in [0.25, 0.3) is 0 Å². The minimum Gasteiger partial charge on any atom is -0.306 e. The number of rotatable bonds is 0. The Hall–Kier alpha value is -0.0400. The third-order valence-electron chi connectivity index (χ3n) is 2.61. The molecule has 1 atom stereocenters. The van der Waals surface area contributed by atoms with E-state index in [0.29, 0.717) is 0 Å². The van der Waals surface area contributed by atoms with Crippen molar-refractivity contribution in [2.24, 2.45) is 5.92 Å². The van der Waals surface area contributed by atoms with Crippen LogP contribution in [0.4, 0.5) is 0 Å². The lowest BCUT2D eigenvalue weighted by atomic mass is 10.0. The van der Waals surface area contributed by atoms with E-state index in [4.69, 9.17) is 0 Å². The van der Waals surface area contributed by atoms with E-state index in [2.05, 4.69) is 18.9 Å². The Balaban J connectivity index is 2.27. The minimum atomic E-state index is 0.915. The van der Waals surface area contributed by atoms with Gasteiger partial charge in [0.05, 0.1) is 0 Å². The first-order valence-electron chi connectivity index (χ1n) is 4.97. The van der Waals surface area contributed by atoms with E-state index in [-0.39, 0.29) is 0 Å². The predicted molar refractivity (Wildman–Crippen MR) is 49.7 cm³/mol. The van der Waals surface area contributed by atoms with Gasteiger partial charge >= 0.3 is 0 Å². The summed E-state index contributed by atoms with van der Waals surface area (Å²) < 4.78 is 0. The van der Waals surface area contributed by atoms with Gasteiger partial charge in [0.1, 0.15) is 0 Å². The predicted octanol–water partition coefficient (Wildman–Crippen LogP) is 2.52. The van der Waals surface area contributed by atoms with Crippen molar-refractivity contribution in [3.63, 3.8) is 0 Å². The van der Waals surface area contributed by atoms with E-state index in [1.807, 2.05) is 0 Å². The highest BCUT2D eigenvalue weighted by atomic mass is 15.1. The van der Waals surface area contributed by atoms with Crippen LogP contribution in [0.3, 0.4) is 0 Å². The normalized spacial score (nSPS) is 30.5. The van der Waals surface area contributed by atoms with Crippen molar-refractivity contribution in [2.45, 2.75) is 39.0 Å². The molecule has 1 nitrogen and oxygen atoms in total. The van der Waals surface area contributed by atoms with E-state index < -0.39 is 0 Å². The van der Waals surface area contributed by atoms with Crippen molar-refractivity contribution >= 4 is 0 Å². The molecule has 1 fully saturated rings. The second-order valence-electron chi connectivity index (χ2n) is 4.07. The summed E-state index contributed by atoms with van der Waals surface area (Å²) in [5.74, 6) is 0.915. The highest BCUT2D eigenvalue weighted by Gasteiger charge is 2.08. The van der Waals surface area contributed by atoms with Gasteiger partial charge in [-0.3, -0.25) is 0 Å². The summed E-state index contributed by atoms with van der Waals surface area (Å²) in [7, 11) is 2.25. The zero-order valence-electron chi connectivity index (χ0n) is 7.97. The first-order chi connectivity index (χ1) is 5.29. The molecule has 0 amide bonds. The fraction of sp³-hybridized carbons (Fsp3) is 1.00. The highest BCUT2D eigenvalue weighted by Crippen LogP contribution is 2.14. The number of hydrogen-bond acceptors (Lipinski definition) is 1. The van der Waals surface area contributed by atoms with Crippen LogP contribution >= 0.6 is 0 Å². The second kappa shape index (κ2) is 4.76. The summed E-state index contributed by atoms with van der Waals surface area (Å²) in [5.41, 5.74) is 0. The molecular weight excluding hydrogens is 134 g/mol. The highest BCUT2D eigenvalue weighted by molar-refractivity contribution is 4.62. The number of nitrogens with zero attached hydrogens (tertiary/aromatic N) is 1. The molecule has 0 aromatic carbocycles. The van der Waals surface area contributed by atoms with E-state index in [9.17, 15) is 0 Å². The third-order valence-corrected chi connectivity index (χ3v) is 2.61. The van der Waals surface area contributed by atoms with Crippen LogP contribution in [0.5, 0.6) is 0 Å². The maximum Gasteiger partial charge on any atom is 0.000397 e. The lowest BCUT2D eigenvalue weighted by Gasteiger charge is -2.19. The number of hydrogen-bond donors (Lipinski definition) is 0. The van der Waals surface area contributed by atoms with Gasteiger partial charge in [-0.1, -0.05) is 26.2 Å². The zero-order valence-corrected chi connectivity index (χ0v) is 7.97. The van der Waals surface area contributed by atoms with Crippen LogP contribution in [0, 0.1) is 5.92 Å². The van der Waals surface area contributed by atoms with Crippen LogP contribution in [0.2, 0.25) is 0 Å². The molecule has 1 rings (SSSR count). The summed E-state index contributed by atoms with van der Waals surface area (Å²) >= 11 is 0. The van der Waals surface area contributed by atoms with E-state index in [1.54, 1.807) is 0 Å². The molecule has 11 heavy (non-hydrogen) atoms. The van der Waals surface area contributed by atoms with E-state index in [0.717, 1.165) is 5.92 Å². The fourth-order valence-electron chi connectivity index (χ4n) is 1.94. The third kappa shape index (κ3) is 3.76. The molecule has 0 N–H and O–H groups in total. The van der Waals surface area contributed by atoms with Gasteiger partial charge < -0.3 is 4.90 Å². The fourth-order valence-corrected chi connectivity index (χ4v) is 1.94. The molecule has 0 aliphatic carbocycles. The first kappa shape index (κ1) is 9.05. The Bertz CT molecular complexity index is 89.0. The van der Waals surface area contributed by atoms with Crippen LogP contribution in [-0.2, 0) is 0 Å². The molecule has 1 unspecified atom stereocenters. The van der Waals surface area contributed by atoms with E-state index in [1.165, 1.54) is 45.2 Å². The largest absolute Gasteiger partial charge is 0.306 e. The molecule has 0 aromatic heterocycles. The van der Waals surface area contributed by atoms with Crippen molar-refractivity contribution in [1.29, 1.82) is 0 Å². The Kier molecular flexibility index (Phi) is 3.92. The molecule has 1 heterocycles. The van der Waals surface area contributed by atoms with Gasteiger partial charge in [0.2, 0.25) is 0 Å². The van der Waals surface area contributed by atoms with Crippen molar-refractivity contribution in [2.75, 3.05) is 20.1 Å². The Morgan fingerprint density at radius 2 is 1.82 bits per heavy atom. The molecule has 0 spiro atoms. The Morgan fingerprint density at radius 3 is 2.64 bits per heavy atom. The van der Waals surface area contributed by atoms with Crippen LogP contribution in [0.15, 0.2) is 0 Å². The van der Waals surface area contributed by atoms with Crippen molar-refractivity contribution < 1.29 is 0 Å². The SMILES string of the molecule is CC1CCCCCCN(C)C1. The lowest BCUT2D eigenvalue weighted by molar-refractivity contribution is 0.283. The van der Waals surface area contributed by atoms with Gasteiger partial charge in [0.15, 0.2) is 0 Å². The maximum atomic E-state index is 2.48. The van der Waals surface area contributed by atoms with Gasteiger partial charge in [-0.15, -0.1) is 0 Å².